The first kappa shape index (κ1) is 30.6. The van der Waals surface area contributed by atoms with Gasteiger partial charge in [0.1, 0.15) is 16.7 Å². The third kappa shape index (κ3) is 8.12. The van der Waals surface area contributed by atoms with Crippen molar-refractivity contribution in [3.8, 4) is 5.75 Å². The summed E-state index contributed by atoms with van der Waals surface area (Å²) in [7, 11) is -8.11. The highest BCUT2D eigenvalue weighted by Crippen LogP contribution is 2.21. The van der Waals surface area contributed by atoms with E-state index in [-0.39, 0.29) is 22.0 Å². The minimum absolute atomic E-state index is 0.0138. The van der Waals surface area contributed by atoms with E-state index in [9.17, 15) is 21.6 Å². The SMILES string of the molecule is C/C(=N\NC(=O)C(Cc1ccc(OS(=O)(=O)c2ccc(C)cc2)cc1)NS(=O)(=O)c1ccc(C)cc1)c1ccccc1. The van der Waals surface area contributed by atoms with Crippen molar-refractivity contribution in [2.45, 2.75) is 43.0 Å². The second-order valence-corrected chi connectivity index (χ2v) is 13.0. The number of sulfonamides is 1. The number of hydrogen-bond donors (Lipinski definition) is 2. The first-order valence-corrected chi connectivity index (χ1v) is 15.9. The van der Waals surface area contributed by atoms with Crippen LogP contribution in [0.4, 0.5) is 0 Å². The molecule has 1 unspecified atom stereocenters. The standard InChI is InChI=1S/C31H31N3O6S2/c1-22-9-17-28(18-10-22)41(36,37)34-30(31(35)33-32-24(3)26-7-5-4-6-8-26)21-25-13-15-27(16-14-25)40-42(38,39)29-19-11-23(2)12-20-29/h4-20,30,34H,21H2,1-3H3,(H,33,35)/b32-24+. The van der Waals surface area contributed by atoms with E-state index < -0.39 is 32.1 Å². The average Bonchev–Trinajstić information content (AvgIpc) is 2.97. The van der Waals surface area contributed by atoms with Crippen molar-refractivity contribution in [2.24, 2.45) is 5.10 Å². The van der Waals surface area contributed by atoms with Gasteiger partial charge in [0.25, 0.3) is 5.91 Å². The number of hydrazone groups is 1. The highest BCUT2D eigenvalue weighted by atomic mass is 32.2. The quantitative estimate of drug-likeness (QED) is 0.147. The van der Waals surface area contributed by atoms with Crippen LogP contribution in [0.2, 0.25) is 0 Å². The van der Waals surface area contributed by atoms with Crippen molar-refractivity contribution in [2.75, 3.05) is 0 Å². The number of hydrogen-bond acceptors (Lipinski definition) is 7. The summed E-state index contributed by atoms with van der Waals surface area (Å²) in [6.07, 6.45) is -0.0399. The van der Waals surface area contributed by atoms with E-state index in [4.69, 9.17) is 4.18 Å². The maximum atomic E-state index is 13.2. The molecule has 1 amide bonds. The number of benzene rings is 4. The van der Waals surface area contributed by atoms with E-state index in [0.717, 1.165) is 16.7 Å². The number of nitrogens with one attached hydrogen (secondary N) is 2. The van der Waals surface area contributed by atoms with Crippen LogP contribution >= 0.6 is 0 Å². The molecule has 0 aliphatic rings. The molecule has 4 aromatic rings. The molecule has 0 heterocycles. The lowest BCUT2D eigenvalue weighted by atomic mass is 10.1. The molecule has 0 fully saturated rings. The van der Waals surface area contributed by atoms with Crippen LogP contribution in [0.15, 0.2) is 118 Å². The van der Waals surface area contributed by atoms with Gasteiger partial charge in [-0.2, -0.15) is 18.2 Å². The zero-order chi connectivity index (χ0) is 30.3. The van der Waals surface area contributed by atoms with Gasteiger partial charge in [0.2, 0.25) is 10.0 Å². The number of nitrogens with zero attached hydrogens (tertiary/aromatic N) is 1. The van der Waals surface area contributed by atoms with E-state index in [1.54, 1.807) is 43.3 Å². The zero-order valence-corrected chi connectivity index (χ0v) is 24.9. The summed E-state index contributed by atoms with van der Waals surface area (Å²) in [5.74, 6) is -0.591. The van der Waals surface area contributed by atoms with Crippen LogP contribution in [-0.2, 0) is 31.4 Å². The normalized spacial score (nSPS) is 12.9. The maximum absolute atomic E-state index is 13.2. The van der Waals surface area contributed by atoms with Crippen molar-refractivity contribution >= 4 is 31.8 Å². The molecule has 2 N–H and O–H groups in total. The fourth-order valence-corrected chi connectivity index (χ4v) is 6.04. The van der Waals surface area contributed by atoms with Crippen molar-refractivity contribution in [1.82, 2.24) is 10.1 Å². The number of amides is 1. The molecule has 4 rings (SSSR count). The third-order valence-electron chi connectivity index (χ3n) is 6.35. The van der Waals surface area contributed by atoms with Crippen molar-refractivity contribution in [3.63, 3.8) is 0 Å². The molecule has 0 aromatic heterocycles. The number of rotatable bonds is 11. The lowest BCUT2D eigenvalue weighted by molar-refractivity contribution is -0.122. The summed E-state index contributed by atoms with van der Waals surface area (Å²) in [5.41, 5.74) is 6.17. The third-order valence-corrected chi connectivity index (χ3v) is 9.10. The smallest absolute Gasteiger partial charge is 0.339 e. The van der Waals surface area contributed by atoms with Crippen LogP contribution in [-0.4, -0.2) is 34.5 Å². The Morgan fingerprint density at radius 2 is 1.31 bits per heavy atom. The summed E-state index contributed by atoms with van der Waals surface area (Å²) in [5, 5.41) is 4.16. The molecule has 0 spiro atoms. The van der Waals surface area contributed by atoms with Gasteiger partial charge in [0, 0.05) is 0 Å². The van der Waals surface area contributed by atoms with Gasteiger partial charge in [0.15, 0.2) is 0 Å². The van der Waals surface area contributed by atoms with Crippen molar-refractivity contribution in [1.29, 1.82) is 0 Å². The highest BCUT2D eigenvalue weighted by molar-refractivity contribution is 7.89. The monoisotopic (exact) mass is 605 g/mol. The van der Waals surface area contributed by atoms with E-state index in [0.29, 0.717) is 11.3 Å². The second kappa shape index (κ2) is 13.1. The van der Waals surface area contributed by atoms with Gasteiger partial charge >= 0.3 is 10.1 Å². The zero-order valence-electron chi connectivity index (χ0n) is 23.3. The van der Waals surface area contributed by atoms with Crippen molar-refractivity contribution in [3.05, 3.63) is 125 Å². The van der Waals surface area contributed by atoms with Gasteiger partial charge in [-0.25, -0.2) is 13.8 Å². The van der Waals surface area contributed by atoms with Crippen LogP contribution < -0.4 is 14.3 Å². The summed E-state index contributed by atoms with van der Waals surface area (Å²) in [6, 6.07) is 26.6. The molecule has 0 saturated heterocycles. The van der Waals surface area contributed by atoms with Gasteiger partial charge in [0.05, 0.1) is 10.6 Å². The van der Waals surface area contributed by atoms with Crippen molar-refractivity contribution < 1.29 is 25.8 Å². The summed E-state index contributed by atoms with van der Waals surface area (Å²) in [6.45, 7) is 5.41. The van der Waals surface area contributed by atoms with E-state index in [2.05, 4.69) is 15.2 Å². The maximum Gasteiger partial charge on any atom is 0.339 e. The van der Waals surface area contributed by atoms with Crippen LogP contribution in [0.1, 0.15) is 29.2 Å². The number of carbonyl (C=O) groups is 1. The number of carbonyl (C=O) groups excluding carboxylic acids is 1. The molecule has 0 aliphatic heterocycles. The second-order valence-electron chi connectivity index (χ2n) is 9.72. The van der Waals surface area contributed by atoms with Gasteiger partial charge in [-0.3, -0.25) is 4.79 Å². The highest BCUT2D eigenvalue weighted by Gasteiger charge is 2.26. The van der Waals surface area contributed by atoms with E-state index >= 15 is 0 Å². The predicted molar refractivity (Wildman–Crippen MR) is 161 cm³/mol. The van der Waals surface area contributed by atoms with Crippen LogP contribution in [0.25, 0.3) is 0 Å². The van der Waals surface area contributed by atoms with Gasteiger partial charge in [-0.1, -0.05) is 77.9 Å². The Hall–Kier alpha value is -4.32. The Morgan fingerprint density at radius 3 is 1.88 bits per heavy atom. The minimum Gasteiger partial charge on any atom is -0.379 e. The lowest BCUT2D eigenvalue weighted by Crippen LogP contribution is -2.46. The molecular weight excluding hydrogens is 574 g/mol. The molecule has 0 saturated carbocycles. The summed E-state index contributed by atoms with van der Waals surface area (Å²) >= 11 is 0. The van der Waals surface area contributed by atoms with Gasteiger partial charge in [-0.15, -0.1) is 0 Å². The lowest BCUT2D eigenvalue weighted by Gasteiger charge is -2.18. The Kier molecular flexibility index (Phi) is 9.56. The fourth-order valence-electron chi connectivity index (χ4n) is 3.92. The largest absolute Gasteiger partial charge is 0.379 e. The molecule has 218 valence electrons. The Balaban J connectivity index is 1.54. The minimum atomic E-state index is -4.06. The summed E-state index contributed by atoms with van der Waals surface area (Å²) < 4.78 is 59.3. The predicted octanol–water partition coefficient (Wildman–Crippen LogP) is 4.50. The van der Waals surface area contributed by atoms with Crippen LogP contribution in [0.5, 0.6) is 5.75 Å². The molecule has 42 heavy (non-hydrogen) atoms. The van der Waals surface area contributed by atoms with E-state index in [1.165, 1.54) is 36.4 Å². The molecule has 9 nitrogen and oxygen atoms in total. The van der Waals surface area contributed by atoms with Crippen LogP contribution in [0, 0.1) is 13.8 Å². The fraction of sp³-hybridized carbons (Fsp3) is 0.161. The Morgan fingerprint density at radius 1 is 0.762 bits per heavy atom. The molecule has 1 atom stereocenters. The molecule has 4 aromatic carbocycles. The Bertz CT molecular complexity index is 1770. The van der Waals surface area contributed by atoms with E-state index in [1.807, 2.05) is 44.2 Å². The first-order valence-electron chi connectivity index (χ1n) is 13.0. The number of aryl methyl sites for hydroxylation is 2. The molecule has 11 heteroatoms. The van der Waals surface area contributed by atoms with Crippen LogP contribution in [0.3, 0.4) is 0 Å². The molecule has 0 aliphatic carbocycles. The molecule has 0 bridgehead atoms. The topological polar surface area (TPSA) is 131 Å². The van der Waals surface area contributed by atoms with Gasteiger partial charge < -0.3 is 4.18 Å². The summed E-state index contributed by atoms with van der Waals surface area (Å²) in [4.78, 5) is 13.3. The van der Waals surface area contributed by atoms with Gasteiger partial charge in [-0.05, 0) is 74.7 Å². The Labute approximate surface area is 246 Å². The average molecular weight is 606 g/mol. The molecular formula is C31H31N3O6S2. The first-order chi connectivity index (χ1) is 19.9. The molecule has 0 radical (unpaired) electrons.